The Morgan fingerprint density at radius 3 is 2.78 bits per heavy atom. The summed E-state index contributed by atoms with van der Waals surface area (Å²) in [5.74, 6) is 0.796. The molecular weight excluding hydrogens is 360 g/mol. The molecule has 2 aromatic heterocycles. The second kappa shape index (κ2) is 7.15. The number of benzene rings is 1. The lowest BCUT2D eigenvalue weighted by Crippen LogP contribution is -2.12. The zero-order valence-corrected chi connectivity index (χ0v) is 13.7. The average molecular weight is 373 g/mol. The van der Waals surface area contributed by atoms with Crippen molar-refractivity contribution in [3.63, 3.8) is 0 Å². The number of anilines is 1. The van der Waals surface area contributed by atoms with E-state index in [2.05, 4.69) is 36.4 Å². The summed E-state index contributed by atoms with van der Waals surface area (Å²) in [6.45, 7) is 0. The van der Waals surface area contributed by atoms with E-state index in [4.69, 9.17) is 4.52 Å². The summed E-state index contributed by atoms with van der Waals surface area (Å²) in [5, 5.41) is 6.71. The monoisotopic (exact) mass is 372 g/mol. The molecule has 0 saturated heterocycles. The molecule has 1 aromatic carbocycles. The van der Waals surface area contributed by atoms with Crippen molar-refractivity contribution in [2.75, 3.05) is 5.32 Å². The quantitative estimate of drug-likeness (QED) is 0.741. The Hall–Kier alpha value is -2.54. The van der Waals surface area contributed by atoms with E-state index in [1.54, 1.807) is 18.5 Å². The van der Waals surface area contributed by atoms with Gasteiger partial charge in [0.15, 0.2) is 0 Å². The molecule has 3 aromatic rings. The van der Waals surface area contributed by atoms with Crippen molar-refractivity contribution < 1.29 is 9.32 Å². The third-order valence-electron chi connectivity index (χ3n) is 3.08. The predicted octanol–water partition coefficient (Wildman–Crippen LogP) is 3.47. The molecule has 0 fully saturated rings. The first-order chi connectivity index (χ1) is 11.2. The maximum Gasteiger partial charge on any atom is 0.227 e. The van der Waals surface area contributed by atoms with Crippen molar-refractivity contribution in [3.05, 3.63) is 59.2 Å². The molecule has 1 amide bonds. The minimum Gasteiger partial charge on any atom is -0.339 e. The number of rotatable bonds is 5. The summed E-state index contributed by atoms with van der Waals surface area (Å²) in [6, 6.07) is 11.0. The van der Waals surface area contributed by atoms with Gasteiger partial charge in [-0.25, -0.2) is 0 Å². The standard InChI is InChI=1S/C16H13BrN4O2/c17-12-3-5-13(6-4-12)19-14(22)7-8-15-20-16(21-23-15)11-2-1-9-18-10-11/h1-6,9-10H,7-8H2,(H,19,22). The molecule has 0 radical (unpaired) electrons. The van der Waals surface area contributed by atoms with Gasteiger partial charge in [-0.15, -0.1) is 0 Å². The Morgan fingerprint density at radius 2 is 2.04 bits per heavy atom. The molecule has 0 saturated carbocycles. The van der Waals surface area contributed by atoms with E-state index in [0.717, 1.165) is 15.7 Å². The number of nitrogens with one attached hydrogen (secondary N) is 1. The van der Waals surface area contributed by atoms with Crippen molar-refractivity contribution in [1.82, 2.24) is 15.1 Å². The summed E-state index contributed by atoms with van der Waals surface area (Å²) in [5.41, 5.74) is 1.53. The predicted molar refractivity (Wildman–Crippen MR) is 88.6 cm³/mol. The van der Waals surface area contributed by atoms with Crippen molar-refractivity contribution >= 4 is 27.5 Å². The fourth-order valence-corrected chi connectivity index (χ4v) is 2.21. The van der Waals surface area contributed by atoms with E-state index in [1.165, 1.54) is 0 Å². The first-order valence-electron chi connectivity index (χ1n) is 6.99. The van der Waals surface area contributed by atoms with Crippen LogP contribution in [0.1, 0.15) is 12.3 Å². The number of nitrogens with zero attached hydrogens (tertiary/aromatic N) is 3. The van der Waals surface area contributed by atoms with Gasteiger partial charge in [-0.1, -0.05) is 21.1 Å². The molecule has 0 spiro atoms. The Labute approximate surface area is 141 Å². The molecule has 0 aliphatic heterocycles. The highest BCUT2D eigenvalue weighted by Gasteiger charge is 2.10. The molecular formula is C16H13BrN4O2. The van der Waals surface area contributed by atoms with Crippen molar-refractivity contribution in [2.45, 2.75) is 12.8 Å². The van der Waals surface area contributed by atoms with Gasteiger partial charge in [-0.3, -0.25) is 9.78 Å². The van der Waals surface area contributed by atoms with Crippen LogP contribution in [0.4, 0.5) is 5.69 Å². The smallest absolute Gasteiger partial charge is 0.227 e. The maximum absolute atomic E-state index is 11.9. The van der Waals surface area contributed by atoms with Crippen LogP contribution in [-0.4, -0.2) is 21.0 Å². The molecule has 7 heteroatoms. The highest BCUT2D eigenvalue weighted by Crippen LogP contribution is 2.16. The fourth-order valence-electron chi connectivity index (χ4n) is 1.95. The zero-order valence-electron chi connectivity index (χ0n) is 12.1. The molecule has 2 heterocycles. The number of carbonyl (C=O) groups is 1. The van der Waals surface area contributed by atoms with Crippen LogP contribution in [0.5, 0.6) is 0 Å². The van der Waals surface area contributed by atoms with Crippen molar-refractivity contribution in [3.8, 4) is 11.4 Å². The van der Waals surface area contributed by atoms with Gasteiger partial charge in [0.25, 0.3) is 0 Å². The molecule has 3 rings (SSSR count). The van der Waals surface area contributed by atoms with E-state index in [9.17, 15) is 4.79 Å². The molecule has 116 valence electrons. The van der Waals surface area contributed by atoms with Crippen LogP contribution in [0.25, 0.3) is 11.4 Å². The van der Waals surface area contributed by atoms with Gasteiger partial charge in [0, 0.05) is 41.0 Å². The van der Waals surface area contributed by atoms with E-state index in [0.29, 0.717) is 18.1 Å². The number of hydrogen-bond acceptors (Lipinski definition) is 5. The van der Waals surface area contributed by atoms with Gasteiger partial charge in [-0.2, -0.15) is 4.98 Å². The molecule has 0 aliphatic carbocycles. The van der Waals surface area contributed by atoms with Crippen LogP contribution >= 0.6 is 15.9 Å². The fraction of sp³-hybridized carbons (Fsp3) is 0.125. The Morgan fingerprint density at radius 1 is 1.22 bits per heavy atom. The Kier molecular flexibility index (Phi) is 4.77. The van der Waals surface area contributed by atoms with Gasteiger partial charge < -0.3 is 9.84 Å². The molecule has 23 heavy (non-hydrogen) atoms. The van der Waals surface area contributed by atoms with Crippen LogP contribution < -0.4 is 5.32 Å². The normalized spacial score (nSPS) is 10.5. The second-order valence-electron chi connectivity index (χ2n) is 4.81. The van der Waals surface area contributed by atoms with Gasteiger partial charge in [0.1, 0.15) is 0 Å². The number of amides is 1. The number of hydrogen-bond donors (Lipinski definition) is 1. The molecule has 0 unspecified atom stereocenters. The van der Waals surface area contributed by atoms with Gasteiger partial charge >= 0.3 is 0 Å². The Bertz CT molecular complexity index is 787. The molecule has 0 bridgehead atoms. The van der Waals surface area contributed by atoms with Crippen LogP contribution in [0.2, 0.25) is 0 Å². The molecule has 6 nitrogen and oxygen atoms in total. The summed E-state index contributed by atoms with van der Waals surface area (Å²) in [6.07, 6.45) is 3.99. The van der Waals surface area contributed by atoms with Crippen molar-refractivity contribution in [2.24, 2.45) is 0 Å². The summed E-state index contributed by atoms with van der Waals surface area (Å²) in [7, 11) is 0. The Balaban J connectivity index is 1.55. The largest absolute Gasteiger partial charge is 0.339 e. The lowest BCUT2D eigenvalue weighted by atomic mass is 10.2. The number of carbonyl (C=O) groups excluding carboxylic acids is 1. The van der Waals surface area contributed by atoms with E-state index >= 15 is 0 Å². The van der Waals surface area contributed by atoms with Crippen LogP contribution in [0.3, 0.4) is 0 Å². The van der Waals surface area contributed by atoms with Crippen LogP contribution in [-0.2, 0) is 11.2 Å². The number of pyridine rings is 1. The summed E-state index contributed by atoms with van der Waals surface area (Å²) in [4.78, 5) is 20.2. The number of halogens is 1. The topological polar surface area (TPSA) is 80.9 Å². The van der Waals surface area contributed by atoms with Crippen molar-refractivity contribution in [1.29, 1.82) is 0 Å². The average Bonchev–Trinajstić information content (AvgIpc) is 3.05. The van der Waals surface area contributed by atoms with Gasteiger partial charge in [0.2, 0.25) is 17.6 Å². The maximum atomic E-state index is 11.9. The zero-order chi connectivity index (χ0) is 16.1. The molecule has 1 N–H and O–H groups in total. The highest BCUT2D eigenvalue weighted by molar-refractivity contribution is 9.10. The number of aromatic nitrogens is 3. The van der Waals surface area contributed by atoms with E-state index in [-0.39, 0.29) is 12.3 Å². The molecule has 0 atom stereocenters. The SMILES string of the molecule is O=C(CCc1nc(-c2cccnc2)no1)Nc1ccc(Br)cc1. The first kappa shape index (κ1) is 15.4. The van der Waals surface area contributed by atoms with E-state index < -0.39 is 0 Å². The van der Waals surface area contributed by atoms with E-state index in [1.807, 2.05) is 30.3 Å². The molecule has 0 aliphatic rings. The number of aryl methyl sites for hydroxylation is 1. The lowest BCUT2D eigenvalue weighted by Gasteiger charge is -2.03. The second-order valence-corrected chi connectivity index (χ2v) is 5.72. The van der Waals surface area contributed by atoms with Gasteiger partial charge in [-0.05, 0) is 36.4 Å². The first-order valence-corrected chi connectivity index (χ1v) is 7.78. The summed E-state index contributed by atoms with van der Waals surface area (Å²) >= 11 is 3.35. The minimum atomic E-state index is -0.103. The minimum absolute atomic E-state index is 0.103. The summed E-state index contributed by atoms with van der Waals surface area (Å²) < 4.78 is 6.12. The van der Waals surface area contributed by atoms with Gasteiger partial charge in [0.05, 0.1) is 0 Å². The van der Waals surface area contributed by atoms with Crippen LogP contribution in [0.15, 0.2) is 57.8 Å². The highest BCUT2D eigenvalue weighted by atomic mass is 79.9. The third kappa shape index (κ3) is 4.23. The van der Waals surface area contributed by atoms with Crippen LogP contribution in [0, 0.1) is 0 Å². The third-order valence-corrected chi connectivity index (χ3v) is 3.61. The lowest BCUT2D eigenvalue weighted by molar-refractivity contribution is -0.116.